The van der Waals surface area contributed by atoms with Crippen LogP contribution >= 0.6 is 23.2 Å². The highest BCUT2D eigenvalue weighted by Crippen LogP contribution is 2.22. The van der Waals surface area contributed by atoms with Gasteiger partial charge in [0, 0.05) is 21.3 Å². The Labute approximate surface area is 146 Å². The number of carbonyl (C=O) groups is 1. The number of tetrazole rings is 1. The molecule has 0 radical (unpaired) electrons. The average molecular weight is 366 g/mol. The number of nitrogens with zero attached hydrogens (tertiary/aromatic N) is 4. The van der Waals surface area contributed by atoms with Crippen molar-refractivity contribution < 1.29 is 9.18 Å². The molecule has 6 nitrogen and oxygen atoms in total. The zero-order valence-corrected chi connectivity index (χ0v) is 13.8. The number of amides is 1. The van der Waals surface area contributed by atoms with Crippen molar-refractivity contribution in [3.05, 3.63) is 63.6 Å². The van der Waals surface area contributed by atoms with Gasteiger partial charge in [-0.15, -0.1) is 5.10 Å². The van der Waals surface area contributed by atoms with E-state index in [2.05, 4.69) is 20.8 Å². The lowest BCUT2D eigenvalue weighted by atomic mass is 10.2. The lowest BCUT2D eigenvalue weighted by molar-refractivity contribution is 0.102. The first-order valence-electron chi connectivity index (χ1n) is 6.76. The van der Waals surface area contributed by atoms with Gasteiger partial charge in [0.1, 0.15) is 11.5 Å². The number of halogens is 3. The van der Waals surface area contributed by atoms with E-state index in [4.69, 9.17) is 23.2 Å². The van der Waals surface area contributed by atoms with Gasteiger partial charge in [-0.25, -0.2) is 4.39 Å². The van der Waals surface area contributed by atoms with Gasteiger partial charge < -0.3 is 5.32 Å². The van der Waals surface area contributed by atoms with Crippen LogP contribution in [0.4, 0.5) is 10.1 Å². The van der Waals surface area contributed by atoms with Crippen molar-refractivity contribution in [3.8, 4) is 5.69 Å². The molecule has 3 aromatic rings. The third-order valence-electron chi connectivity index (χ3n) is 3.18. The van der Waals surface area contributed by atoms with E-state index in [1.807, 2.05) is 0 Å². The zero-order valence-electron chi connectivity index (χ0n) is 12.3. The second-order valence-corrected chi connectivity index (χ2v) is 5.79. The summed E-state index contributed by atoms with van der Waals surface area (Å²) in [5, 5.41) is 14.2. The molecule has 0 aliphatic heterocycles. The summed E-state index contributed by atoms with van der Waals surface area (Å²) in [4.78, 5) is 12.3. The van der Waals surface area contributed by atoms with Crippen LogP contribution in [0.15, 0.2) is 36.4 Å². The monoisotopic (exact) mass is 365 g/mol. The molecule has 0 bridgehead atoms. The van der Waals surface area contributed by atoms with Crippen LogP contribution in [-0.2, 0) is 0 Å². The Kier molecular flexibility index (Phi) is 4.46. The summed E-state index contributed by atoms with van der Waals surface area (Å²) in [7, 11) is 0. The molecular formula is C15H10Cl2FN5O. The molecule has 122 valence electrons. The van der Waals surface area contributed by atoms with Crippen LogP contribution < -0.4 is 5.32 Å². The lowest BCUT2D eigenvalue weighted by Gasteiger charge is -2.09. The Morgan fingerprint density at radius 2 is 1.88 bits per heavy atom. The number of hydrogen-bond donors (Lipinski definition) is 1. The van der Waals surface area contributed by atoms with Crippen LogP contribution in [0, 0.1) is 12.7 Å². The number of aryl methyl sites for hydroxylation is 1. The van der Waals surface area contributed by atoms with Crippen molar-refractivity contribution in [2.75, 3.05) is 5.32 Å². The van der Waals surface area contributed by atoms with Gasteiger partial charge in [-0.05, 0) is 53.7 Å². The molecule has 1 aromatic heterocycles. The number of rotatable bonds is 3. The maximum Gasteiger partial charge on any atom is 0.255 e. The number of anilines is 1. The molecule has 2 aromatic carbocycles. The third kappa shape index (κ3) is 3.37. The predicted molar refractivity (Wildman–Crippen MR) is 88.3 cm³/mol. The summed E-state index contributed by atoms with van der Waals surface area (Å²) in [5.74, 6) is -0.529. The molecule has 24 heavy (non-hydrogen) atoms. The van der Waals surface area contributed by atoms with Crippen LogP contribution in [0.2, 0.25) is 10.0 Å². The molecule has 1 amide bonds. The van der Waals surface area contributed by atoms with Crippen LogP contribution in [0.5, 0.6) is 0 Å². The van der Waals surface area contributed by atoms with E-state index < -0.39 is 11.7 Å². The minimum Gasteiger partial charge on any atom is -0.322 e. The second-order valence-electron chi connectivity index (χ2n) is 4.92. The molecule has 0 saturated carbocycles. The highest BCUT2D eigenvalue weighted by molar-refractivity contribution is 6.35. The fourth-order valence-corrected chi connectivity index (χ4v) is 2.62. The predicted octanol–water partition coefficient (Wildman–Crippen LogP) is 3.67. The largest absolute Gasteiger partial charge is 0.322 e. The Morgan fingerprint density at radius 3 is 2.50 bits per heavy atom. The van der Waals surface area contributed by atoms with E-state index in [9.17, 15) is 9.18 Å². The number of aromatic nitrogens is 4. The summed E-state index contributed by atoms with van der Waals surface area (Å²) in [6.07, 6.45) is 0. The Balaban J connectivity index is 1.91. The minimum atomic E-state index is -0.519. The SMILES string of the molecule is Cc1nnnn1-c1cc(NC(=O)c2cc(Cl)cc(Cl)c2)ccc1F. The van der Waals surface area contributed by atoms with E-state index in [0.717, 1.165) is 0 Å². The number of hydrogen-bond acceptors (Lipinski definition) is 4. The molecule has 0 fully saturated rings. The summed E-state index contributed by atoms with van der Waals surface area (Å²) in [6.45, 7) is 1.64. The number of nitrogens with one attached hydrogen (secondary N) is 1. The smallest absolute Gasteiger partial charge is 0.255 e. The van der Waals surface area contributed by atoms with Gasteiger partial charge in [-0.3, -0.25) is 4.79 Å². The Hall–Kier alpha value is -2.51. The second kappa shape index (κ2) is 6.54. The average Bonchev–Trinajstić information content (AvgIpc) is 2.94. The molecule has 0 atom stereocenters. The maximum absolute atomic E-state index is 14.0. The van der Waals surface area contributed by atoms with Crippen molar-refractivity contribution in [2.45, 2.75) is 6.92 Å². The van der Waals surface area contributed by atoms with Crippen LogP contribution in [0.25, 0.3) is 5.69 Å². The summed E-state index contributed by atoms with van der Waals surface area (Å²) in [6, 6.07) is 8.58. The van der Waals surface area contributed by atoms with E-state index >= 15 is 0 Å². The van der Waals surface area contributed by atoms with Gasteiger partial charge in [0.2, 0.25) is 0 Å². The van der Waals surface area contributed by atoms with Gasteiger partial charge in [0.15, 0.2) is 5.82 Å². The Morgan fingerprint density at radius 1 is 1.17 bits per heavy atom. The molecule has 9 heteroatoms. The molecule has 0 aliphatic rings. The standard InChI is InChI=1S/C15H10Cl2FN5O/c1-8-20-21-22-23(8)14-7-12(2-3-13(14)18)19-15(24)9-4-10(16)6-11(17)5-9/h2-7H,1H3,(H,19,24). The summed E-state index contributed by atoms with van der Waals surface area (Å²) >= 11 is 11.8. The van der Waals surface area contributed by atoms with E-state index in [1.165, 1.54) is 41.1 Å². The van der Waals surface area contributed by atoms with Crippen molar-refractivity contribution in [1.29, 1.82) is 0 Å². The first-order chi connectivity index (χ1) is 11.4. The van der Waals surface area contributed by atoms with Crippen molar-refractivity contribution in [3.63, 3.8) is 0 Å². The fraction of sp³-hybridized carbons (Fsp3) is 0.0667. The summed E-state index contributed by atoms with van der Waals surface area (Å²) < 4.78 is 15.3. The number of benzene rings is 2. The number of carbonyl (C=O) groups excluding carboxylic acids is 1. The van der Waals surface area contributed by atoms with E-state index in [0.29, 0.717) is 21.6 Å². The Bertz CT molecular complexity index is 908. The van der Waals surface area contributed by atoms with Gasteiger partial charge in [-0.2, -0.15) is 4.68 Å². The molecule has 0 spiro atoms. The van der Waals surface area contributed by atoms with Crippen LogP contribution in [0.1, 0.15) is 16.2 Å². The first kappa shape index (κ1) is 16.4. The quantitative estimate of drug-likeness (QED) is 0.768. The van der Waals surface area contributed by atoms with Gasteiger partial charge in [0.25, 0.3) is 5.91 Å². The van der Waals surface area contributed by atoms with E-state index in [-0.39, 0.29) is 11.3 Å². The maximum atomic E-state index is 14.0. The molecule has 0 aliphatic carbocycles. The molecule has 1 N–H and O–H groups in total. The summed E-state index contributed by atoms with van der Waals surface area (Å²) in [5.41, 5.74) is 0.791. The molecule has 3 rings (SSSR count). The topological polar surface area (TPSA) is 72.7 Å². The lowest BCUT2D eigenvalue weighted by Crippen LogP contribution is -2.13. The third-order valence-corrected chi connectivity index (χ3v) is 3.62. The van der Waals surface area contributed by atoms with Crippen molar-refractivity contribution >= 4 is 34.8 Å². The zero-order chi connectivity index (χ0) is 17.3. The van der Waals surface area contributed by atoms with Gasteiger partial charge in [-0.1, -0.05) is 23.2 Å². The van der Waals surface area contributed by atoms with Crippen LogP contribution in [-0.4, -0.2) is 26.1 Å². The van der Waals surface area contributed by atoms with Crippen molar-refractivity contribution in [2.24, 2.45) is 0 Å². The molecule has 0 unspecified atom stereocenters. The van der Waals surface area contributed by atoms with Gasteiger partial charge >= 0.3 is 0 Å². The van der Waals surface area contributed by atoms with E-state index in [1.54, 1.807) is 6.92 Å². The highest BCUT2D eigenvalue weighted by atomic mass is 35.5. The van der Waals surface area contributed by atoms with Gasteiger partial charge in [0.05, 0.1) is 0 Å². The molecule has 0 saturated heterocycles. The highest BCUT2D eigenvalue weighted by Gasteiger charge is 2.13. The normalized spacial score (nSPS) is 10.7. The minimum absolute atomic E-state index is 0.124. The first-order valence-corrected chi connectivity index (χ1v) is 7.52. The fourth-order valence-electron chi connectivity index (χ4n) is 2.10. The van der Waals surface area contributed by atoms with Crippen molar-refractivity contribution in [1.82, 2.24) is 20.2 Å². The molecule has 1 heterocycles. The van der Waals surface area contributed by atoms with Crippen LogP contribution in [0.3, 0.4) is 0 Å². The molecular weight excluding hydrogens is 356 g/mol.